The van der Waals surface area contributed by atoms with Crippen LogP contribution in [0.3, 0.4) is 0 Å². The van der Waals surface area contributed by atoms with E-state index >= 15 is 0 Å². The highest BCUT2D eigenvalue weighted by molar-refractivity contribution is 5.34. The van der Waals surface area contributed by atoms with Crippen LogP contribution < -0.4 is 11.3 Å². The zero-order valence-corrected chi connectivity index (χ0v) is 11.7. The number of nitrogens with one attached hydrogen (secondary N) is 1. The number of nitrogens with two attached hydrogens (primary N) is 1. The van der Waals surface area contributed by atoms with Gasteiger partial charge in [0.25, 0.3) is 0 Å². The van der Waals surface area contributed by atoms with Gasteiger partial charge in [-0.25, -0.2) is 0 Å². The number of halogens is 3. The maximum Gasteiger partial charge on any atom is 0.416 e. The molecule has 118 valence electrons. The lowest BCUT2D eigenvalue weighted by Crippen LogP contribution is -2.51. The molecule has 0 amide bonds. The molecule has 1 aliphatic heterocycles. The Balaban J connectivity index is 2.46. The predicted molar refractivity (Wildman–Crippen MR) is 71.3 cm³/mol. The first-order valence-electron chi connectivity index (χ1n) is 6.70. The minimum atomic E-state index is -4.44. The van der Waals surface area contributed by atoms with E-state index in [0.717, 1.165) is 6.07 Å². The second kappa shape index (κ2) is 6.31. The largest absolute Gasteiger partial charge is 0.416 e. The maximum atomic E-state index is 13.2. The highest BCUT2D eigenvalue weighted by Crippen LogP contribution is 2.42. The molecule has 1 fully saturated rings. The summed E-state index contributed by atoms with van der Waals surface area (Å²) in [7, 11) is 1.49. The molecule has 1 unspecified atom stereocenters. The number of rotatable bonds is 4. The first kappa shape index (κ1) is 16.2. The Labute approximate surface area is 121 Å². The summed E-state index contributed by atoms with van der Waals surface area (Å²) in [6.07, 6.45) is -3.49. The lowest BCUT2D eigenvalue weighted by molar-refractivity contribution is -0.141. The normalized spacial score (nSPS) is 20.2. The molecule has 0 saturated carbocycles. The van der Waals surface area contributed by atoms with Gasteiger partial charge < -0.3 is 9.47 Å². The monoisotopic (exact) mass is 304 g/mol. The molecule has 7 heteroatoms. The Morgan fingerprint density at radius 1 is 1.29 bits per heavy atom. The maximum absolute atomic E-state index is 13.2. The van der Waals surface area contributed by atoms with E-state index in [0.29, 0.717) is 26.1 Å². The van der Waals surface area contributed by atoms with Crippen LogP contribution in [0.4, 0.5) is 13.2 Å². The molecule has 0 spiro atoms. The topological polar surface area (TPSA) is 56.5 Å². The van der Waals surface area contributed by atoms with Crippen LogP contribution in [-0.2, 0) is 15.7 Å². The van der Waals surface area contributed by atoms with Gasteiger partial charge in [0, 0.05) is 33.2 Å². The average Bonchev–Trinajstić information content (AvgIpc) is 2.48. The lowest BCUT2D eigenvalue weighted by atomic mass is 9.81. The van der Waals surface area contributed by atoms with Gasteiger partial charge in [0.15, 0.2) is 0 Å². The van der Waals surface area contributed by atoms with E-state index in [1.807, 2.05) is 0 Å². The van der Waals surface area contributed by atoms with E-state index in [9.17, 15) is 13.2 Å². The number of alkyl halides is 3. The Morgan fingerprint density at radius 2 is 1.90 bits per heavy atom. The number of ether oxygens (including phenoxy) is 2. The van der Waals surface area contributed by atoms with Crippen LogP contribution in [0.2, 0.25) is 0 Å². The zero-order valence-electron chi connectivity index (χ0n) is 11.7. The molecule has 2 rings (SSSR count). The van der Waals surface area contributed by atoms with E-state index in [1.165, 1.54) is 19.2 Å². The number of hydrogen-bond donors (Lipinski definition) is 2. The molecular weight excluding hydrogens is 285 g/mol. The van der Waals surface area contributed by atoms with Crippen molar-refractivity contribution in [2.75, 3.05) is 20.3 Å². The van der Waals surface area contributed by atoms with Crippen molar-refractivity contribution in [1.29, 1.82) is 0 Å². The van der Waals surface area contributed by atoms with Gasteiger partial charge in [0.05, 0.1) is 17.2 Å². The fraction of sp³-hybridized carbons (Fsp3) is 0.571. The second-order valence-corrected chi connectivity index (χ2v) is 5.07. The van der Waals surface area contributed by atoms with E-state index in [-0.39, 0.29) is 5.56 Å². The van der Waals surface area contributed by atoms with Gasteiger partial charge >= 0.3 is 6.18 Å². The second-order valence-electron chi connectivity index (χ2n) is 5.07. The molecular formula is C14H19F3N2O2. The molecule has 1 aromatic rings. The summed E-state index contributed by atoms with van der Waals surface area (Å²) in [6, 6.07) is 4.66. The standard InChI is InChI=1S/C14H19F3N2O2/c1-20-13(6-8-21-9-7-13)12(19-18)10-4-2-3-5-11(10)14(15,16)17/h2-5,12,19H,6-9,18H2,1H3. The lowest BCUT2D eigenvalue weighted by Gasteiger charge is -2.42. The molecule has 1 aromatic carbocycles. The van der Waals surface area contributed by atoms with E-state index in [2.05, 4.69) is 5.43 Å². The fourth-order valence-electron chi connectivity index (χ4n) is 2.86. The van der Waals surface area contributed by atoms with Gasteiger partial charge in [-0.3, -0.25) is 11.3 Å². The smallest absolute Gasteiger partial charge is 0.381 e. The third-order valence-corrected chi connectivity index (χ3v) is 4.02. The Bertz CT molecular complexity index is 474. The van der Waals surface area contributed by atoms with Crippen LogP contribution in [-0.4, -0.2) is 25.9 Å². The van der Waals surface area contributed by atoms with Gasteiger partial charge in [-0.1, -0.05) is 18.2 Å². The van der Waals surface area contributed by atoms with E-state index in [4.69, 9.17) is 15.3 Å². The molecule has 1 saturated heterocycles. The molecule has 1 atom stereocenters. The summed E-state index contributed by atoms with van der Waals surface area (Å²) in [6.45, 7) is 0.862. The molecule has 1 heterocycles. The summed E-state index contributed by atoms with van der Waals surface area (Å²) < 4.78 is 50.5. The Hall–Kier alpha value is -1.15. The SMILES string of the molecule is COC1(C(NN)c2ccccc2C(F)(F)F)CCOCC1. The van der Waals surface area contributed by atoms with Crippen molar-refractivity contribution < 1.29 is 22.6 Å². The summed E-state index contributed by atoms with van der Waals surface area (Å²) in [4.78, 5) is 0. The van der Waals surface area contributed by atoms with Crippen molar-refractivity contribution in [1.82, 2.24) is 5.43 Å². The molecule has 21 heavy (non-hydrogen) atoms. The molecule has 0 aliphatic carbocycles. The van der Waals surface area contributed by atoms with Crippen molar-refractivity contribution in [3.8, 4) is 0 Å². The highest BCUT2D eigenvalue weighted by atomic mass is 19.4. The van der Waals surface area contributed by atoms with E-state index in [1.54, 1.807) is 6.07 Å². The third kappa shape index (κ3) is 3.21. The van der Waals surface area contributed by atoms with Crippen LogP contribution >= 0.6 is 0 Å². The van der Waals surface area contributed by atoms with Gasteiger partial charge in [0.1, 0.15) is 0 Å². The molecule has 1 aliphatic rings. The first-order valence-corrected chi connectivity index (χ1v) is 6.70. The summed E-state index contributed by atoms with van der Waals surface area (Å²) >= 11 is 0. The van der Waals surface area contributed by atoms with Crippen molar-refractivity contribution in [3.05, 3.63) is 35.4 Å². The van der Waals surface area contributed by atoms with Crippen molar-refractivity contribution in [2.24, 2.45) is 5.84 Å². The molecule has 4 nitrogen and oxygen atoms in total. The van der Waals surface area contributed by atoms with Crippen LogP contribution in [0, 0.1) is 0 Å². The number of hydrazine groups is 1. The highest BCUT2D eigenvalue weighted by Gasteiger charge is 2.45. The summed E-state index contributed by atoms with van der Waals surface area (Å²) in [5.74, 6) is 5.57. The van der Waals surface area contributed by atoms with Crippen LogP contribution in [0.1, 0.15) is 30.0 Å². The summed E-state index contributed by atoms with van der Waals surface area (Å²) in [5, 5.41) is 0. The Kier molecular flexibility index (Phi) is 4.88. The minimum Gasteiger partial charge on any atom is -0.381 e. The minimum absolute atomic E-state index is 0.0938. The van der Waals surface area contributed by atoms with Gasteiger partial charge in [0.2, 0.25) is 0 Å². The molecule has 3 N–H and O–H groups in total. The predicted octanol–water partition coefficient (Wildman–Crippen LogP) is 2.41. The number of methoxy groups -OCH3 is 1. The zero-order chi connectivity index (χ0) is 15.5. The number of benzene rings is 1. The van der Waals surface area contributed by atoms with Crippen LogP contribution in [0.25, 0.3) is 0 Å². The van der Waals surface area contributed by atoms with Crippen LogP contribution in [0.5, 0.6) is 0 Å². The number of hydrogen-bond acceptors (Lipinski definition) is 4. The molecule has 0 bridgehead atoms. The van der Waals surface area contributed by atoms with Gasteiger partial charge in [-0.15, -0.1) is 0 Å². The molecule has 0 radical (unpaired) electrons. The van der Waals surface area contributed by atoms with Crippen molar-refractivity contribution in [2.45, 2.75) is 30.7 Å². The Morgan fingerprint density at radius 3 is 2.43 bits per heavy atom. The summed E-state index contributed by atoms with van der Waals surface area (Å²) in [5.41, 5.74) is 1.10. The van der Waals surface area contributed by atoms with Gasteiger partial charge in [-0.2, -0.15) is 13.2 Å². The van der Waals surface area contributed by atoms with Crippen molar-refractivity contribution >= 4 is 0 Å². The first-order chi connectivity index (χ1) is 9.94. The third-order valence-electron chi connectivity index (χ3n) is 4.02. The quantitative estimate of drug-likeness (QED) is 0.662. The average molecular weight is 304 g/mol. The van der Waals surface area contributed by atoms with E-state index < -0.39 is 23.4 Å². The molecule has 0 aromatic heterocycles. The fourth-order valence-corrected chi connectivity index (χ4v) is 2.86. The van der Waals surface area contributed by atoms with Crippen LogP contribution in [0.15, 0.2) is 24.3 Å². The van der Waals surface area contributed by atoms with Crippen molar-refractivity contribution in [3.63, 3.8) is 0 Å². The van der Waals surface area contributed by atoms with Gasteiger partial charge in [-0.05, 0) is 11.6 Å².